The van der Waals surface area contributed by atoms with Gasteiger partial charge in [-0.2, -0.15) is 0 Å². The minimum Gasteiger partial charge on any atom is -0.497 e. The molecule has 0 spiro atoms. The van der Waals surface area contributed by atoms with Gasteiger partial charge in [0.25, 0.3) is 0 Å². The van der Waals surface area contributed by atoms with Crippen LogP contribution in [0.3, 0.4) is 0 Å². The maximum Gasteiger partial charge on any atom is 0.118 e. The summed E-state index contributed by atoms with van der Waals surface area (Å²) in [6, 6.07) is 18.8. The number of hydrogen-bond donors (Lipinski definition) is 0. The zero-order chi connectivity index (χ0) is 18.9. The molecule has 2 atom stereocenters. The summed E-state index contributed by atoms with van der Waals surface area (Å²) < 4.78 is 11.4. The summed E-state index contributed by atoms with van der Waals surface area (Å²) in [5, 5.41) is 0.467. The van der Waals surface area contributed by atoms with Crippen LogP contribution >= 0.6 is 11.8 Å². The van der Waals surface area contributed by atoms with Crippen molar-refractivity contribution >= 4 is 11.8 Å². The smallest absolute Gasteiger partial charge is 0.118 e. The van der Waals surface area contributed by atoms with Gasteiger partial charge in [0.15, 0.2) is 0 Å². The Morgan fingerprint density at radius 3 is 2.44 bits per heavy atom. The lowest BCUT2D eigenvalue weighted by molar-refractivity contribution is 0.0932. The second-order valence-corrected chi connectivity index (χ2v) is 8.43. The lowest BCUT2D eigenvalue weighted by Crippen LogP contribution is -2.23. The zero-order valence-corrected chi connectivity index (χ0v) is 17.2. The highest BCUT2D eigenvalue weighted by molar-refractivity contribution is 8.00. The fourth-order valence-electron chi connectivity index (χ4n) is 3.50. The van der Waals surface area contributed by atoms with Gasteiger partial charge in [-0.3, -0.25) is 0 Å². The number of methoxy groups -OCH3 is 1. The zero-order valence-electron chi connectivity index (χ0n) is 16.4. The first kappa shape index (κ1) is 20.0. The van der Waals surface area contributed by atoms with E-state index < -0.39 is 0 Å². The first-order chi connectivity index (χ1) is 13.3. The largest absolute Gasteiger partial charge is 0.497 e. The molecule has 0 unspecified atom stereocenters. The summed E-state index contributed by atoms with van der Waals surface area (Å²) in [5.41, 5.74) is 2.83. The average molecular weight is 383 g/mol. The van der Waals surface area contributed by atoms with Crippen molar-refractivity contribution in [2.45, 2.75) is 49.4 Å². The van der Waals surface area contributed by atoms with Crippen LogP contribution in [0.2, 0.25) is 0 Å². The fourth-order valence-corrected chi connectivity index (χ4v) is 4.77. The molecule has 144 valence electrons. The van der Waals surface area contributed by atoms with Gasteiger partial charge in [-0.25, -0.2) is 0 Å². The molecule has 0 aromatic heterocycles. The Kier molecular flexibility index (Phi) is 7.85. The third-order valence-electron chi connectivity index (χ3n) is 5.02. The van der Waals surface area contributed by atoms with E-state index in [1.165, 1.54) is 36.1 Å². The molecule has 3 heteroatoms. The molecule has 0 fully saturated rings. The fraction of sp³-hybridized carbons (Fsp3) is 0.417. The van der Waals surface area contributed by atoms with Gasteiger partial charge in [0.2, 0.25) is 0 Å². The van der Waals surface area contributed by atoms with E-state index in [1.54, 1.807) is 12.7 Å². The number of thioether (sulfide) groups is 1. The third-order valence-corrected chi connectivity index (χ3v) is 6.59. The SMILES string of the molecule is COc1ccc(S[C@H](C2=CCCCC2)[C@H](C)COCc2ccccc2)cc1. The molecule has 27 heavy (non-hydrogen) atoms. The lowest BCUT2D eigenvalue weighted by atomic mass is 9.92. The van der Waals surface area contributed by atoms with E-state index in [0.717, 1.165) is 12.4 Å². The molecule has 2 nitrogen and oxygen atoms in total. The maximum absolute atomic E-state index is 6.07. The van der Waals surface area contributed by atoms with Crippen LogP contribution in [-0.2, 0) is 11.3 Å². The van der Waals surface area contributed by atoms with E-state index in [2.05, 4.69) is 49.4 Å². The minimum atomic E-state index is 0.463. The van der Waals surface area contributed by atoms with Gasteiger partial charge in [0.1, 0.15) is 5.75 Å². The molecule has 2 aromatic carbocycles. The van der Waals surface area contributed by atoms with Crippen LogP contribution in [0.5, 0.6) is 5.75 Å². The van der Waals surface area contributed by atoms with Gasteiger partial charge in [-0.05, 0) is 61.4 Å². The Bertz CT molecular complexity index is 709. The summed E-state index contributed by atoms with van der Waals surface area (Å²) in [7, 11) is 1.71. The van der Waals surface area contributed by atoms with Gasteiger partial charge >= 0.3 is 0 Å². The van der Waals surface area contributed by atoms with Crippen LogP contribution < -0.4 is 4.74 Å². The van der Waals surface area contributed by atoms with Gasteiger partial charge in [0, 0.05) is 10.1 Å². The van der Waals surface area contributed by atoms with Crippen LogP contribution in [0.15, 0.2) is 71.1 Å². The van der Waals surface area contributed by atoms with Gasteiger partial charge in [0.05, 0.1) is 20.3 Å². The molecular weight excluding hydrogens is 352 g/mol. The molecule has 0 bridgehead atoms. The van der Waals surface area contributed by atoms with Gasteiger partial charge in [-0.1, -0.05) is 48.9 Å². The highest BCUT2D eigenvalue weighted by Gasteiger charge is 2.24. The van der Waals surface area contributed by atoms with Crippen molar-refractivity contribution < 1.29 is 9.47 Å². The molecule has 0 aliphatic heterocycles. The Balaban J connectivity index is 1.63. The summed E-state index contributed by atoms with van der Waals surface area (Å²) in [4.78, 5) is 1.29. The lowest BCUT2D eigenvalue weighted by Gasteiger charge is -2.28. The highest BCUT2D eigenvalue weighted by atomic mass is 32.2. The first-order valence-corrected chi connectivity index (χ1v) is 10.8. The second kappa shape index (κ2) is 10.6. The van der Waals surface area contributed by atoms with E-state index >= 15 is 0 Å². The molecule has 1 aliphatic rings. The summed E-state index contributed by atoms with van der Waals surface area (Å²) in [6.07, 6.45) is 7.53. The van der Waals surface area contributed by atoms with Crippen molar-refractivity contribution in [1.82, 2.24) is 0 Å². The monoisotopic (exact) mass is 382 g/mol. The molecular formula is C24H30O2S. The molecule has 3 rings (SSSR count). The number of hydrogen-bond acceptors (Lipinski definition) is 3. The summed E-state index contributed by atoms with van der Waals surface area (Å²) in [6.45, 7) is 3.78. The second-order valence-electron chi connectivity index (χ2n) is 7.22. The van der Waals surface area contributed by atoms with Crippen LogP contribution in [0.25, 0.3) is 0 Å². The van der Waals surface area contributed by atoms with Gasteiger partial charge < -0.3 is 9.47 Å². The van der Waals surface area contributed by atoms with Crippen LogP contribution in [0.1, 0.15) is 38.2 Å². The maximum atomic E-state index is 6.07. The van der Waals surface area contributed by atoms with E-state index in [0.29, 0.717) is 17.8 Å². The normalized spacial score (nSPS) is 16.4. The summed E-state index contributed by atoms with van der Waals surface area (Å²) in [5.74, 6) is 1.37. The molecule has 0 saturated heterocycles. The Labute approximate surface area is 168 Å². The van der Waals surface area contributed by atoms with Gasteiger partial charge in [-0.15, -0.1) is 11.8 Å². The molecule has 0 radical (unpaired) electrons. The average Bonchev–Trinajstić information content (AvgIpc) is 2.74. The number of rotatable bonds is 9. The van der Waals surface area contributed by atoms with E-state index in [9.17, 15) is 0 Å². The molecule has 0 saturated carbocycles. The standard InChI is InChI=1S/C24H30O2S/c1-19(17-26-18-20-9-5-3-6-10-20)24(21-11-7-4-8-12-21)27-23-15-13-22(25-2)14-16-23/h3,5-6,9-11,13-16,19,24H,4,7-8,12,17-18H2,1-2H3/t19-,24+/m1/s1. The molecule has 0 amide bonds. The molecule has 2 aromatic rings. The number of ether oxygens (including phenoxy) is 2. The highest BCUT2D eigenvalue weighted by Crippen LogP contribution is 2.37. The third kappa shape index (κ3) is 6.15. The predicted molar refractivity (Wildman–Crippen MR) is 114 cm³/mol. The molecule has 1 aliphatic carbocycles. The van der Waals surface area contributed by atoms with Crippen LogP contribution in [0.4, 0.5) is 0 Å². The van der Waals surface area contributed by atoms with Crippen molar-refractivity contribution in [2.24, 2.45) is 5.92 Å². The Morgan fingerprint density at radius 2 is 1.78 bits per heavy atom. The van der Waals surface area contributed by atoms with E-state index in [4.69, 9.17) is 9.47 Å². The molecule has 0 heterocycles. The molecule has 0 N–H and O–H groups in total. The number of benzene rings is 2. The van der Waals surface area contributed by atoms with Crippen LogP contribution in [-0.4, -0.2) is 19.0 Å². The minimum absolute atomic E-state index is 0.463. The van der Waals surface area contributed by atoms with Crippen molar-refractivity contribution in [3.8, 4) is 5.75 Å². The van der Waals surface area contributed by atoms with Crippen molar-refractivity contribution in [2.75, 3.05) is 13.7 Å². The van der Waals surface area contributed by atoms with Crippen molar-refractivity contribution in [3.05, 3.63) is 71.8 Å². The summed E-state index contributed by atoms with van der Waals surface area (Å²) >= 11 is 1.96. The predicted octanol–water partition coefficient (Wildman–Crippen LogP) is 6.51. The van der Waals surface area contributed by atoms with E-state index in [-0.39, 0.29) is 0 Å². The van der Waals surface area contributed by atoms with E-state index in [1.807, 2.05) is 30.0 Å². The Morgan fingerprint density at radius 1 is 1.00 bits per heavy atom. The van der Waals surface area contributed by atoms with Crippen LogP contribution in [0, 0.1) is 5.92 Å². The van der Waals surface area contributed by atoms with Crippen molar-refractivity contribution in [3.63, 3.8) is 0 Å². The topological polar surface area (TPSA) is 18.5 Å². The first-order valence-electron chi connectivity index (χ1n) is 9.87. The number of allylic oxidation sites excluding steroid dienone is 1. The quantitative estimate of drug-likeness (QED) is 0.364. The van der Waals surface area contributed by atoms with Crippen molar-refractivity contribution in [1.29, 1.82) is 0 Å². The Hall–Kier alpha value is -1.71.